The number of aryl methyl sites for hydroxylation is 3. The fourth-order valence-corrected chi connectivity index (χ4v) is 2.24. The summed E-state index contributed by atoms with van der Waals surface area (Å²) in [4.78, 5) is 0. The number of nitrogens with zero attached hydrogens (tertiary/aromatic N) is 2. The van der Waals surface area contributed by atoms with Crippen molar-refractivity contribution in [2.45, 2.75) is 32.7 Å². The minimum absolute atomic E-state index is 0.367. The maximum absolute atomic E-state index is 6.46. The lowest BCUT2D eigenvalue weighted by Crippen LogP contribution is -2.36. The topological polar surface area (TPSA) is 43.8 Å². The van der Waals surface area contributed by atoms with Gasteiger partial charge in [-0.1, -0.05) is 29.8 Å². The van der Waals surface area contributed by atoms with Crippen LogP contribution in [0.5, 0.6) is 0 Å². The van der Waals surface area contributed by atoms with E-state index in [-0.39, 0.29) is 5.54 Å². The second-order valence-corrected chi connectivity index (χ2v) is 5.36. The molecule has 96 valence electrons. The van der Waals surface area contributed by atoms with Gasteiger partial charge in [0.05, 0.1) is 5.69 Å². The van der Waals surface area contributed by atoms with Crippen molar-refractivity contribution in [3.05, 3.63) is 52.8 Å². The highest BCUT2D eigenvalue weighted by atomic mass is 15.3. The van der Waals surface area contributed by atoms with Crippen LogP contribution in [0.4, 0.5) is 0 Å². The molecule has 18 heavy (non-hydrogen) atoms. The Labute approximate surface area is 109 Å². The third-order valence-electron chi connectivity index (χ3n) is 3.36. The number of hydrogen-bond acceptors (Lipinski definition) is 2. The molecule has 1 heterocycles. The first kappa shape index (κ1) is 12.8. The Morgan fingerprint density at radius 3 is 2.33 bits per heavy atom. The fourth-order valence-electron chi connectivity index (χ4n) is 2.24. The molecule has 0 saturated carbocycles. The standard InChI is InChI=1S/C15H21N3/c1-11-5-7-13(8-6-11)15(3,16)10-14-9-12(2)17-18(14)4/h5-9H,10,16H2,1-4H3. The Morgan fingerprint density at radius 1 is 1.22 bits per heavy atom. The van der Waals surface area contributed by atoms with E-state index < -0.39 is 0 Å². The smallest absolute Gasteiger partial charge is 0.0596 e. The average Bonchev–Trinajstić information content (AvgIpc) is 2.57. The normalized spacial score (nSPS) is 14.5. The summed E-state index contributed by atoms with van der Waals surface area (Å²) in [6.07, 6.45) is 0.785. The summed E-state index contributed by atoms with van der Waals surface area (Å²) in [7, 11) is 1.97. The first-order valence-corrected chi connectivity index (χ1v) is 6.24. The van der Waals surface area contributed by atoms with Gasteiger partial charge in [-0.15, -0.1) is 0 Å². The Bertz CT molecular complexity index is 535. The van der Waals surface area contributed by atoms with E-state index in [1.54, 1.807) is 0 Å². The molecule has 0 amide bonds. The van der Waals surface area contributed by atoms with Crippen LogP contribution in [0.2, 0.25) is 0 Å². The minimum atomic E-state index is -0.367. The molecule has 0 bridgehead atoms. The van der Waals surface area contributed by atoms with Crippen molar-refractivity contribution in [1.82, 2.24) is 9.78 Å². The number of hydrogen-bond donors (Lipinski definition) is 1. The Hall–Kier alpha value is -1.61. The predicted octanol–water partition coefficient (Wildman–Crippen LogP) is 2.45. The molecule has 3 nitrogen and oxygen atoms in total. The van der Waals surface area contributed by atoms with Gasteiger partial charge in [-0.3, -0.25) is 4.68 Å². The van der Waals surface area contributed by atoms with Gasteiger partial charge >= 0.3 is 0 Å². The highest BCUT2D eigenvalue weighted by molar-refractivity contribution is 5.29. The van der Waals surface area contributed by atoms with Crippen LogP contribution in [0, 0.1) is 13.8 Å². The van der Waals surface area contributed by atoms with Crippen molar-refractivity contribution in [2.24, 2.45) is 12.8 Å². The lowest BCUT2D eigenvalue weighted by atomic mass is 9.88. The van der Waals surface area contributed by atoms with E-state index in [0.717, 1.165) is 23.4 Å². The Balaban J connectivity index is 2.26. The van der Waals surface area contributed by atoms with Crippen LogP contribution in [-0.2, 0) is 19.0 Å². The molecule has 0 aliphatic heterocycles. The molecular weight excluding hydrogens is 222 g/mol. The van der Waals surface area contributed by atoms with Crippen molar-refractivity contribution >= 4 is 0 Å². The minimum Gasteiger partial charge on any atom is -0.321 e. The third-order valence-corrected chi connectivity index (χ3v) is 3.36. The van der Waals surface area contributed by atoms with Gasteiger partial charge in [0, 0.05) is 24.7 Å². The van der Waals surface area contributed by atoms with E-state index >= 15 is 0 Å². The first-order chi connectivity index (χ1) is 8.38. The average molecular weight is 243 g/mol. The summed E-state index contributed by atoms with van der Waals surface area (Å²) >= 11 is 0. The van der Waals surface area contributed by atoms with Gasteiger partial charge in [0.15, 0.2) is 0 Å². The SMILES string of the molecule is Cc1ccc(C(C)(N)Cc2cc(C)nn2C)cc1. The fraction of sp³-hybridized carbons (Fsp3) is 0.400. The zero-order valence-corrected chi connectivity index (χ0v) is 11.6. The largest absolute Gasteiger partial charge is 0.321 e. The quantitative estimate of drug-likeness (QED) is 0.900. The van der Waals surface area contributed by atoms with Gasteiger partial charge in [0.25, 0.3) is 0 Å². The third kappa shape index (κ3) is 2.62. The summed E-state index contributed by atoms with van der Waals surface area (Å²) < 4.78 is 1.91. The highest BCUT2D eigenvalue weighted by Gasteiger charge is 2.23. The second-order valence-electron chi connectivity index (χ2n) is 5.36. The van der Waals surface area contributed by atoms with Crippen molar-refractivity contribution in [2.75, 3.05) is 0 Å². The zero-order valence-electron chi connectivity index (χ0n) is 11.6. The first-order valence-electron chi connectivity index (χ1n) is 6.24. The van der Waals surface area contributed by atoms with Gasteiger partial charge in [-0.25, -0.2) is 0 Å². The zero-order chi connectivity index (χ0) is 13.3. The van der Waals surface area contributed by atoms with E-state index in [1.165, 1.54) is 5.56 Å². The molecule has 3 heteroatoms. The van der Waals surface area contributed by atoms with Crippen LogP contribution in [-0.4, -0.2) is 9.78 Å². The summed E-state index contributed by atoms with van der Waals surface area (Å²) in [5.74, 6) is 0. The Kier molecular flexibility index (Phi) is 3.26. The van der Waals surface area contributed by atoms with E-state index in [0.29, 0.717) is 0 Å². The van der Waals surface area contributed by atoms with Crippen LogP contribution in [0.3, 0.4) is 0 Å². The molecule has 0 fully saturated rings. The maximum Gasteiger partial charge on any atom is 0.0596 e. The van der Waals surface area contributed by atoms with Crippen LogP contribution in [0.25, 0.3) is 0 Å². The summed E-state index contributed by atoms with van der Waals surface area (Å²) in [5, 5.41) is 4.36. The second kappa shape index (κ2) is 4.58. The number of nitrogens with two attached hydrogens (primary N) is 1. The van der Waals surface area contributed by atoms with Crippen molar-refractivity contribution in [1.29, 1.82) is 0 Å². The van der Waals surface area contributed by atoms with Crippen LogP contribution in [0.1, 0.15) is 29.4 Å². The molecule has 0 aliphatic carbocycles. The van der Waals surface area contributed by atoms with E-state index in [4.69, 9.17) is 5.73 Å². The predicted molar refractivity (Wildman–Crippen MR) is 74.4 cm³/mol. The molecular formula is C15H21N3. The lowest BCUT2D eigenvalue weighted by molar-refractivity contribution is 0.472. The van der Waals surface area contributed by atoms with Gasteiger partial charge in [-0.05, 0) is 32.4 Å². The molecule has 1 unspecified atom stereocenters. The monoisotopic (exact) mass is 243 g/mol. The molecule has 0 spiro atoms. The van der Waals surface area contributed by atoms with Gasteiger partial charge in [0.2, 0.25) is 0 Å². The molecule has 0 saturated heterocycles. The molecule has 1 aromatic heterocycles. The molecule has 0 aliphatic rings. The summed E-state index contributed by atoms with van der Waals surface area (Å²) in [5.41, 5.74) is 10.7. The number of benzene rings is 1. The Morgan fingerprint density at radius 2 is 1.83 bits per heavy atom. The number of aromatic nitrogens is 2. The molecule has 2 N–H and O–H groups in total. The molecule has 1 aromatic carbocycles. The summed E-state index contributed by atoms with van der Waals surface area (Å²) in [6, 6.07) is 10.5. The van der Waals surface area contributed by atoms with Crippen LogP contribution >= 0.6 is 0 Å². The van der Waals surface area contributed by atoms with Gasteiger partial charge in [0.1, 0.15) is 0 Å². The van der Waals surface area contributed by atoms with Gasteiger partial charge < -0.3 is 5.73 Å². The maximum atomic E-state index is 6.46. The van der Waals surface area contributed by atoms with E-state index in [1.807, 2.05) is 18.7 Å². The summed E-state index contributed by atoms with van der Waals surface area (Å²) in [6.45, 7) is 6.16. The molecule has 0 radical (unpaired) electrons. The molecule has 1 atom stereocenters. The lowest BCUT2D eigenvalue weighted by Gasteiger charge is -2.25. The van der Waals surface area contributed by atoms with Gasteiger partial charge in [-0.2, -0.15) is 5.10 Å². The number of rotatable bonds is 3. The van der Waals surface area contributed by atoms with E-state index in [9.17, 15) is 0 Å². The van der Waals surface area contributed by atoms with Crippen LogP contribution in [0.15, 0.2) is 30.3 Å². The highest BCUT2D eigenvalue weighted by Crippen LogP contribution is 2.23. The molecule has 2 rings (SSSR count). The van der Waals surface area contributed by atoms with Crippen molar-refractivity contribution < 1.29 is 0 Å². The van der Waals surface area contributed by atoms with E-state index in [2.05, 4.69) is 49.3 Å². The van der Waals surface area contributed by atoms with Crippen molar-refractivity contribution in [3.63, 3.8) is 0 Å². The van der Waals surface area contributed by atoms with Crippen molar-refractivity contribution in [3.8, 4) is 0 Å². The van der Waals surface area contributed by atoms with Crippen LogP contribution < -0.4 is 5.73 Å². The molecule has 2 aromatic rings.